The normalized spacial score (nSPS) is 11.0. The van der Waals surface area contributed by atoms with E-state index in [-0.39, 0.29) is 16.5 Å². The van der Waals surface area contributed by atoms with Crippen LogP contribution in [0.4, 0.5) is 0 Å². The Morgan fingerprint density at radius 1 is 1.00 bits per heavy atom. The third kappa shape index (κ3) is 2.32. The van der Waals surface area contributed by atoms with Crippen LogP contribution < -0.4 is 5.43 Å². The first-order valence-corrected chi connectivity index (χ1v) is 8.00. The monoisotopic (exact) mass is 382 g/mol. The summed E-state index contributed by atoms with van der Waals surface area (Å²) in [6.07, 6.45) is 0. The number of pyridine rings is 1. The minimum Gasteiger partial charge on any atom is -0.425 e. The second kappa shape index (κ2) is 5.65. The summed E-state index contributed by atoms with van der Waals surface area (Å²) in [4.78, 5) is 12.6. The first-order valence-electron chi connectivity index (χ1n) is 7.21. The van der Waals surface area contributed by atoms with Crippen molar-refractivity contribution in [3.63, 3.8) is 0 Å². The molecule has 0 bridgehead atoms. The number of hydrogen-bond acceptors (Lipinski definition) is 4. The zero-order chi connectivity index (χ0) is 16.7. The molecule has 0 unspecified atom stereocenters. The highest BCUT2D eigenvalue weighted by molar-refractivity contribution is 9.10. The highest BCUT2D eigenvalue weighted by atomic mass is 79.9. The summed E-state index contributed by atoms with van der Waals surface area (Å²) in [5.74, 6) is 0. The van der Waals surface area contributed by atoms with E-state index >= 15 is 0 Å². The molecule has 1 N–H and O–H groups in total. The van der Waals surface area contributed by atoms with Crippen molar-refractivity contribution in [2.75, 3.05) is 0 Å². The van der Waals surface area contributed by atoms with Crippen molar-refractivity contribution in [3.8, 4) is 22.5 Å². The number of fused-ring (bicyclic) bond motifs is 1. The van der Waals surface area contributed by atoms with Gasteiger partial charge < -0.3 is 9.73 Å². The maximum atomic E-state index is 12.6. The lowest BCUT2D eigenvalue weighted by atomic mass is 10.1. The van der Waals surface area contributed by atoms with Crippen LogP contribution in [-0.4, -0.2) is 15.1 Å². The third-order valence-corrected chi connectivity index (χ3v) is 4.32. The Morgan fingerprint density at radius 3 is 2.42 bits per heavy atom. The molecule has 2 aromatic carbocycles. The van der Waals surface area contributed by atoms with E-state index in [1.165, 1.54) is 6.07 Å². The highest BCUT2D eigenvalue weighted by Crippen LogP contribution is 2.28. The predicted molar refractivity (Wildman–Crippen MR) is 94.0 cm³/mol. The van der Waals surface area contributed by atoms with Crippen molar-refractivity contribution < 1.29 is 9.73 Å². The molecule has 4 aromatic rings. The van der Waals surface area contributed by atoms with Crippen LogP contribution in [0.3, 0.4) is 0 Å². The van der Waals surface area contributed by atoms with Crippen LogP contribution in [0.15, 0.2) is 74.5 Å². The Bertz CT molecular complexity index is 1080. The van der Waals surface area contributed by atoms with Crippen molar-refractivity contribution >= 4 is 27.0 Å². The van der Waals surface area contributed by atoms with Crippen LogP contribution >= 0.6 is 15.9 Å². The van der Waals surface area contributed by atoms with Gasteiger partial charge in [0.25, 0.3) is 5.71 Å². The van der Waals surface area contributed by atoms with E-state index in [0.29, 0.717) is 17.0 Å². The van der Waals surface area contributed by atoms with Gasteiger partial charge in [-0.05, 0) is 12.1 Å². The fourth-order valence-electron chi connectivity index (χ4n) is 2.63. The van der Waals surface area contributed by atoms with E-state index < -0.39 is 0 Å². The topological polar surface area (TPSA) is 68.3 Å². The second-order valence-corrected chi connectivity index (χ2v) is 6.21. The zero-order valence-corrected chi connectivity index (χ0v) is 13.9. The van der Waals surface area contributed by atoms with Crippen LogP contribution in [0.25, 0.3) is 33.6 Å². The molecular formula is C18H11BrN2O3. The molecule has 118 valence electrons. The molecule has 0 radical (unpaired) electrons. The van der Waals surface area contributed by atoms with Gasteiger partial charge in [-0.25, -0.2) is 0 Å². The standard InChI is InChI=1S/C18H11BrN2O3/c19-13-8-6-11(7-9-13)14-10-15(22)16-17(12-4-2-1-3-5-12)20-24-18(16)21(14)23/h1-10,23H. The van der Waals surface area contributed by atoms with Crippen LogP contribution in [0.5, 0.6) is 0 Å². The van der Waals surface area contributed by atoms with Gasteiger partial charge in [-0.1, -0.05) is 63.6 Å². The Kier molecular flexibility index (Phi) is 3.46. The molecule has 0 aliphatic carbocycles. The fraction of sp³-hybridized carbons (Fsp3) is 0. The number of hydrogen-bond donors (Lipinski definition) is 1. The first kappa shape index (κ1) is 14.7. The SMILES string of the molecule is O=c1cc(-c2ccc(Br)cc2)n(O)c2onc(-c3ccccc3)c12. The van der Waals surface area contributed by atoms with Gasteiger partial charge in [-0.3, -0.25) is 4.79 Å². The van der Waals surface area contributed by atoms with E-state index in [1.54, 1.807) is 12.1 Å². The molecule has 0 atom stereocenters. The molecule has 2 aromatic heterocycles. The Morgan fingerprint density at radius 2 is 1.71 bits per heavy atom. The summed E-state index contributed by atoms with van der Waals surface area (Å²) in [7, 11) is 0. The van der Waals surface area contributed by atoms with Gasteiger partial charge in [-0.2, -0.15) is 0 Å². The number of halogens is 1. The quantitative estimate of drug-likeness (QED) is 0.524. The van der Waals surface area contributed by atoms with Crippen LogP contribution in [0, 0.1) is 0 Å². The van der Waals surface area contributed by atoms with E-state index in [0.717, 1.165) is 14.8 Å². The van der Waals surface area contributed by atoms with Gasteiger partial charge in [0.05, 0.1) is 5.69 Å². The molecule has 0 fully saturated rings. The Hall–Kier alpha value is -2.86. The Balaban J connectivity index is 1.97. The molecule has 2 heterocycles. The van der Waals surface area contributed by atoms with Crippen LogP contribution in [0.2, 0.25) is 0 Å². The number of nitrogens with zero attached hydrogens (tertiary/aromatic N) is 2. The third-order valence-electron chi connectivity index (χ3n) is 3.80. The first-order chi connectivity index (χ1) is 11.6. The van der Waals surface area contributed by atoms with E-state index in [4.69, 9.17) is 4.52 Å². The number of rotatable bonds is 2. The summed E-state index contributed by atoms with van der Waals surface area (Å²) in [5.41, 5.74) is 1.98. The van der Waals surface area contributed by atoms with Crippen molar-refractivity contribution in [2.24, 2.45) is 0 Å². The summed E-state index contributed by atoms with van der Waals surface area (Å²) >= 11 is 3.36. The molecule has 0 amide bonds. The lowest BCUT2D eigenvalue weighted by Crippen LogP contribution is -2.09. The van der Waals surface area contributed by atoms with Crippen molar-refractivity contribution in [3.05, 3.63) is 75.4 Å². The van der Waals surface area contributed by atoms with Crippen molar-refractivity contribution in [2.45, 2.75) is 0 Å². The highest BCUT2D eigenvalue weighted by Gasteiger charge is 2.19. The molecule has 6 heteroatoms. The summed E-state index contributed by atoms with van der Waals surface area (Å²) < 4.78 is 7.02. The van der Waals surface area contributed by atoms with Gasteiger partial charge in [0.15, 0.2) is 5.43 Å². The molecule has 0 saturated carbocycles. The molecule has 24 heavy (non-hydrogen) atoms. The van der Waals surface area contributed by atoms with Crippen molar-refractivity contribution in [1.82, 2.24) is 9.89 Å². The molecule has 4 rings (SSSR count). The lowest BCUT2D eigenvalue weighted by molar-refractivity contribution is 0.185. The van der Waals surface area contributed by atoms with Crippen molar-refractivity contribution in [1.29, 1.82) is 0 Å². The second-order valence-electron chi connectivity index (χ2n) is 5.29. The summed E-state index contributed by atoms with van der Waals surface area (Å²) in [5, 5.41) is 14.7. The maximum absolute atomic E-state index is 12.6. The minimum atomic E-state index is -0.256. The summed E-state index contributed by atoms with van der Waals surface area (Å²) in [6, 6.07) is 17.9. The predicted octanol–water partition coefficient (Wildman–Crippen LogP) is 4.32. The maximum Gasteiger partial charge on any atom is 0.276 e. The average molecular weight is 383 g/mol. The smallest absolute Gasteiger partial charge is 0.276 e. The van der Waals surface area contributed by atoms with Crippen LogP contribution in [-0.2, 0) is 0 Å². The molecule has 0 saturated heterocycles. The van der Waals surface area contributed by atoms with E-state index in [2.05, 4.69) is 21.1 Å². The minimum absolute atomic E-state index is 0.0271. The fourth-order valence-corrected chi connectivity index (χ4v) is 2.90. The lowest BCUT2D eigenvalue weighted by Gasteiger charge is -2.07. The zero-order valence-electron chi connectivity index (χ0n) is 12.3. The summed E-state index contributed by atoms with van der Waals surface area (Å²) in [6.45, 7) is 0. The molecular weight excluding hydrogens is 372 g/mol. The Labute approximate surface area is 144 Å². The van der Waals surface area contributed by atoms with Crippen LogP contribution in [0.1, 0.15) is 0 Å². The molecule has 0 spiro atoms. The average Bonchev–Trinajstić information content (AvgIpc) is 3.06. The van der Waals surface area contributed by atoms with Gasteiger partial charge in [0.2, 0.25) is 0 Å². The largest absolute Gasteiger partial charge is 0.425 e. The molecule has 5 nitrogen and oxygen atoms in total. The molecule has 0 aliphatic rings. The van der Waals surface area contributed by atoms with Gasteiger partial charge in [-0.15, -0.1) is 4.73 Å². The number of aromatic nitrogens is 2. The van der Waals surface area contributed by atoms with Gasteiger partial charge >= 0.3 is 0 Å². The van der Waals surface area contributed by atoms with E-state index in [9.17, 15) is 10.0 Å². The van der Waals surface area contributed by atoms with Gasteiger partial charge in [0, 0.05) is 21.7 Å². The van der Waals surface area contributed by atoms with Gasteiger partial charge in [0.1, 0.15) is 11.1 Å². The number of benzene rings is 2. The van der Waals surface area contributed by atoms with E-state index in [1.807, 2.05) is 42.5 Å². The molecule has 0 aliphatic heterocycles.